The van der Waals surface area contributed by atoms with Gasteiger partial charge in [0.15, 0.2) is 0 Å². The summed E-state index contributed by atoms with van der Waals surface area (Å²) in [5.74, 6) is 5.52. The Morgan fingerprint density at radius 1 is 0.600 bits per heavy atom. The van der Waals surface area contributed by atoms with Crippen molar-refractivity contribution in [1.29, 1.82) is 0 Å². The van der Waals surface area contributed by atoms with E-state index < -0.39 is 0 Å². The van der Waals surface area contributed by atoms with Crippen LogP contribution in [0.25, 0.3) is 0 Å². The minimum atomic E-state index is 1.38. The van der Waals surface area contributed by atoms with Crippen LogP contribution in [0.2, 0.25) is 0 Å². The lowest BCUT2D eigenvalue weighted by Crippen LogP contribution is -1.97. The van der Waals surface area contributed by atoms with Gasteiger partial charge in [-0.15, -0.1) is 0 Å². The van der Waals surface area contributed by atoms with Crippen LogP contribution in [-0.2, 0) is 0 Å². The van der Waals surface area contributed by atoms with E-state index in [2.05, 4.69) is 23.5 Å². The third kappa shape index (κ3) is 11.5. The lowest BCUT2D eigenvalue weighted by atomic mass is 10.9. The minimum absolute atomic E-state index is 1.38. The first-order valence-electron chi connectivity index (χ1n) is 4.15. The Kier molecular flexibility index (Phi) is 21.8. The summed E-state index contributed by atoms with van der Waals surface area (Å²) in [7, 11) is 0. The van der Waals surface area contributed by atoms with E-state index in [0.29, 0.717) is 0 Å². The van der Waals surface area contributed by atoms with Crippen LogP contribution in [-0.4, -0.2) is 23.0 Å². The molecule has 1 fully saturated rings. The first-order valence-corrected chi connectivity index (χ1v) is 6.46. The molecule has 0 unspecified atom stereocenters. The summed E-state index contributed by atoms with van der Waals surface area (Å²) in [6, 6.07) is 0. The molecule has 0 spiro atoms. The fraction of sp³-hybridized carbons (Fsp3) is 1.00. The van der Waals surface area contributed by atoms with E-state index in [9.17, 15) is 0 Å². The Hall–Kier alpha value is 0.700. The monoisotopic (exact) mass is 180 g/mol. The summed E-state index contributed by atoms with van der Waals surface area (Å²) in [6.45, 7) is 8.00. The fourth-order valence-electron chi connectivity index (χ4n) is 0.440. The molecule has 0 atom stereocenters. The van der Waals surface area contributed by atoms with E-state index in [1.54, 1.807) is 0 Å². The van der Waals surface area contributed by atoms with Gasteiger partial charge < -0.3 is 0 Å². The molecule has 0 saturated carbocycles. The average Bonchev–Trinajstić information content (AvgIpc) is 2.14. The molecular weight excluding hydrogens is 160 g/mol. The zero-order chi connectivity index (χ0) is 8.24. The summed E-state index contributed by atoms with van der Waals surface area (Å²) < 4.78 is 0. The van der Waals surface area contributed by atoms with E-state index in [0.717, 1.165) is 0 Å². The molecule has 0 amide bonds. The highest BCUT2D eigenvalue weighted by Crippen LogP contribution is 2.14. The van der Waals surface area contributed by atoms with Crippen molar-refractivity contribution in [3.05, 3.63) is 0 Å². The summed E-state index contributed by atoms with van der Waals surface area (Å²) in [5, 5.41) is 0. The Balaban J connectivity index is 0. The van der Waals surface area contributed by atoms with Gasteiger partial charge >= 0.3 is 0 Å². The molecule has 1 saturated heterocycles. The molecule has 1 rings (SSSR count). The molecule has 0 nitrogen and oxygen atoms in total. The second kappa shape index (κ2) is 16.4. The average molecular weight is 180 g/mol. The Bertz CT molecular complexity index is 22.7. The molecular formula is C8H20S2. The largest absolute Gasteiger partial charge is 0.160 e. The van der Waals surface area contributed by atoms with Crippen molar-refractivity contribution in [2.75, 3.05) is 23.0 Å². The molecule has 10 heavy (non-hydrogen) atoms. The maximum absolute atomic E-state index is 2.07. The second-order valence-corrected chi connectivity index (χ2v) is 3.67. The predicted molar refractivity (Wildman–Crippen MR) is 57.3 cm³/mol. The van der Waals surface area contributed by atoms with Gasteiger partial charge in [0.2, 0.25) is 0 Å². The van der Waals surface area contributed by atoms with Crippen LogP contribution in [0.4, 0.5) is 0 Å². The van der Waals surface area contributed by atoms with Gasteiger partial charge in [-0.1, -0.05) is 27.7 Å². The first kappa shape index (κ1) is 13.3. The molecule has 1 aliphatic heterocycles. The van der Waals surface area contributed by atoms with Crippen molar-refractivity contribution in [3.8, 4) is 0 Å². The second-order valence-electron chi connectivity index (χ2n) is 1.22. The number of thioether (sulfide) groups is 2. The zero-order valence-corrected chi connectivity index (χ0v) is 9.28. The molecule has 0 N–H and O–H groups in total. The quantitative estimate of drug-likeness (QED) is 0.559. The molecule has 0 aromatic rings. The summed E-state index contributed by atoms with van der Waals surface area (Å²) in [6.07, 6.45) is 0. The Labute approximate surface area is 74.5 Å². The van der Waals surface area contributed by atoms with Gasteiger partial charge in [-0.3, -0.25) is 0 Å². The van der Waals surface area contributed by atoms with E-state index in [1.807, 2.05) is 27.7 Å². The highest BCUT2D eigenvalue weighted by atomic mass is 32.2. The van der Waals surface area contributed by atoms with Crippen LogP contribution in [0, 0.1) is 0 Å². The summed E-state index contributed by atoms with van der Waals surface area (Å²) >= 11 is 4.15. The molecule has 2 heteroatoms. The molecule has 0 bridgehead atoms. The molecule has 1 heterocycles. The normalized spacial score (nSPS) is 15.6. The summed E-state index contributed by atoms with van der Waals surface area (Å²) in [5.41, 5.74) is 0. The third-order valence-electron chi connectivity index (χ3n) is 0.744. The Morgan fingerprint density at radius 3 is 0.900 bits per heavy atom. The standard InChI is InChI=1S/C4H8S2.2C2H6/c1-2-6-4-3-5-1;2*1-2/h1-4H2;2*1-2H3. The Morgan fingerprint density at radius 2 is 0.800 bits per heavy atom. The lowest BCUT2D eigenvalue weighted by Gasteiger charge is -2.05. The maximum atomic E-state index is 2.07. The van der Waals surface area contributed by atoms with Gasteiger partial charge in [-0.25, -0.2) is 0 Å². The highest BCUT2D eigenvalue weighted by molar-refractivity contribution is 8.06. The van der Waals surface area contributed by atoms with Crippen LogP contribution in [0.3, 0.4) is 0 Å². The van der Waals surface area contributed by atoms with Gasteiger partial charge in [0.25, 0.3) is 0 Å². The van der Waals surface area contributed by atoms with Crippen molar-refractivity contribution < 1.29 is 0 Å². The molecule has 0 radical (unpaired) electrons. The molecule has 0 aliphatic carbocycles. The van der Waals surface area contributed by atoms with Gasteiger partial charge in [0.1, 0.15) is 0 Å². The van der Waals surface area contributed by atoms with Crippen LogP contribution < -0.4 is 0 Å². The smallest absolute Gasteiger partial charge is 0.00238 e. The van der Waals surface area contributed by atoms with E-state index in [1.165, 1.54) is 23.0 Å². The van der Waals surface area contributed by atoms with Crippen molar-refractivity contribution in [2.45, 2.75) is 27.7 Å². The topological polar surface area (TPSA) is 0 Å². The van der Waals surface area contributed by atoms with Gasteiger partial charge in [-0.05, 0) is 0 Å². The fourth-order valence-corrected chi connectivity index (χ4v) is 2.73. The van der Waals surface area contributed by atoms with Gasteiger partial charge in [0, 0.05) is 23.0 Å². The van der Waals surface area contributed by atoms with Crippen molar-refractivity contribution >= 4 is 23.5 Å². The van der Waals surface area contributed by atoms with Crippen molar-refractivity contribution in [1.82, 2.24) is 0 Å². The third-order valence-corrected chi connectivity index (χ3v) is 3.23. The van der Waals surface area contributed by atoms with Crippen molar-refractivity contribution in [3.63, 3.8) is 0 Å². The predicted octanol–water partition coefficient (Wildman–Crippen LogP) is 3.52. The SMILES string of the molecule is C1CSCCS1.CC.CC. The molecule has 64 valence electrons. The van der Waals surface area contributed by atoms with Crippen LogP contribution >= 0.6 is 23.5 Å². The van der Waals surface area contributed by atoms with Crippen LogP contribution in [0.15, 0.2) is 0 Å². The van der Waals surface area contributed by atoms with Crippen molar-refractivity contribution in [2.24, 2.45) is 0 Å². The van der Waals surface area contributed by atoms with Crippen LogP contribution in [0.1, 0.15) is 27.7 Å². The number of hydrogen-bond donors (Lipinski definition) is 0. The molecule has 0 aromatic carbocycles. The number of hydrogen-bond acceptors (Lipinski definition) is 2. The van der Waals surface area contributed by atoms with Gasteiger partial charge in [0.05, 0.1) is 0 Å². The lowest BCUT2D eigenvalue weighted by molar-refractivity contribution is 1.43. The molecule has 0 aromatic heterocycles. The van der Waals surface area contributed by atoms with Gasteiger partial charge in [-0.2, -0.15) is 23.5 Å². The minimum Gasteiger partial charge on any atom is -0.160 e. The highest BCUT2D eigenvalue weighted by Gasteiger charge is 1.95. The summed E-state index contributed by atoms with van der Waals surface area (Å²) in [4.78, 5) is 0. The van der Waals surface area contributed by atoms with E-state index >= 15 is 0 Å². The maximum Gasteiger partial charge on any atom is 0.00238 e. The first-order chi connectivity index (χ1) is 5.00. The molecule has 1 aliphatic rings. The van der Waals surface area contributed by atoms with E-state index in [-0.39, 0.29) is 0 Å². The zero-order valence-electron chi connectivity index (χ0n) is 7.64. The van der Waals surface area contributed by atoms with Crippen LogP contribution in [0.5, 0.6) is 0 Å². The van der Waals surface area contributed by atoms with E-state index in [4.69, 9.17) is 0 Å². The number of rotatable bonds is 0.